The number of nitrogens with one attached hydrogen (secondary N) is 1. The average Bonchev–Trinajstić information content (AvgIpc) is 2.86. The molecule has 114 valence electrons. The standard InChI is InChI=1S/C15H16F3NOS/c1-21-10-14-6-5-13(20-14)9-19-8-11-3-2-4-12(7-11)15(16,17)18/h2-7,19H,8-10H2,1H3. The molecular weight excluding hydrogens is 299 g/mol. The van der Waals surface area contributed by atoms with Crippen molar-refractivity contribution >= 4 is 11.8 Å². The molecule has 6 heteroatoms. The van der Waals surface area contributed by atoms with Crippen molar-refractivity contribution in [2.24, 2.45) is 0 Å². The normalized spacial score (nSPS) is 11.8. The molecule has 0 radical (unpaired) electrons. The molecule has 1 aromatic carbocycles. The van der Waals surface area contributed by atoms with Crippen molar-refractivity contribution in [2.75, 3.05) is 6.26 Å². The van der Waals surface area contributed by atoms with Gasteiger partial charge >= 0.3 is 6.18 Å². The van der Waals surface area contributed by atoms with E-state index in [9.17, 15) is 13.2 Å². The summed E-state index contributed by atoms with van der Waals surface area (Å²) in [6.45, 7) is 0.854. The number of benzene rings is 1. The SMILES string of the molecule is CSCc1ccc(CNCc2cccc(C(F)(F)F)c2)o1. The van der Waals surface area contributed by atoms with Gasteiger partial charge in [-0.1, -0.05) is 18.2 Å². The highest BCUT2D eigenvalue weighted by Crippen LogP contribution is 2.29. The largest absolute Gasteiger partial charge is 0.464 e. The second kappa shape index (κ2) is 7.04. The molecule has 0 aliphatic rings. The van der Waals surface area contributed by atoms with Gasteiger partial charge in [0.15, 0.2) is 0 Å². The minimum atomic E-state index is -4.30. The van der Waals surface area contributed by atoms with E-state index in [1.54, 1.807) is 17.8 Å². The first kappa shape index (κ1) is 16.0. The molecule has 1 aromatic heterocycles. The number of furan rings is 1. The van der Waals surface area contributed by atoms with Crippen LogP contribution in [0.4, 0.5) is 13.2 Å². The molecule has 0 unspecified atom stereocenters. The predicted octanol–water partition coefficient (Wildman–Crippen LogP) is 4.45. The summed E-state index contributed by atoms with van der Waals surface area (Å²) < 4.78 is 43.4. The second-order valence-corrected chi connectivity index (χ2v) is 5.47. The quantitative estimate of drug-likeness (QED) is 0.852. The summed E-state index contributed by atoms with van der Waals surface area (Å²) in [6.07, 6.45) is -2.31. The van der Waals surface area contributed by atoms with E-state index in [0.717, 1.165) is 29.4 Å². The maximum absolute atomic E-state index is 12.6. The van der Waals surface area contributed by atoms with Gasteiger partial charge in [-0.25, -0.2) is 0 Å². The van der Waals surface area contributed by atoms with Gasteiger partial charge in [0.1, 0.15) is 11.5 Å². The molecule has 0 saturated carbocycles. The van der Waals surface area contributed by atoms with Crippen LogP contribution >= 0.6 is 11.8 Å². The Bertz CT molecular complexity index is 580. The Balaban J connectivity index is 1.88. The molecule has 2 rings (SSSR count). The number of hydrogen-bond acceptors (Lipinski definition) is 3. The van der Waals surface area contributed by atoms with Crippen LogP contribution in [0.1, 0.15) is 22.6 Å². The van der Waals surface area contributed by atoms with Crippen LogP contribution in [0.3, 0.4) is 0 Å². The minimum Gasteiger partial charge on any atom is -0.464 e. The Morgan fingerprint density at radius 1 is 1.10 bits per heavy atom. The van der Waals surface area contributed by atoms with Gasteiger partial charge in [-0.05, 0) is 30.0 Å². The fraction of sp³-hybridized carbons (Fsp3) is 0.333. The Morgan fingerprint density at radius 2 is 1.86 bits per heavy atom. The fourth-order valence-electron chi connectivity index (χ4n) is 1.92. The number of rotatable bonds is 6. The van der Waals surface area contributed by atoms with E-state index in [4.69, 9.17) is 4.42 Å². The highest BCUT2D eigenvalue weighted by Gasteiger charge is 2.30. The Morgan fingerprint density at radius 3 is 2.57 bits per heavy atom. The number of hydrogen-bond donors (Lipinski definition) is 1. The zero-order valence-corrected chi connectivity index (χ0v) is 12.4. The summed E-state index contributed by atoms with van der Waals surface area (Å²) in [5.74, 6) is 2.50. The van der Waals surface area contributed by atoms with E-state index >= 15 is 0 Å². The number of thioether (sulfide) groups is 1. The van der Waals surface area contributed by atoms with Gasteiger partial charge in [0.25, 0.3) is 0 Å². The van der Waals surface area contributed by atoms with Crippen LogP contribution in [-0.4, -0.2) is 6.26 Å². The third kappa shape index (κ3) is 4.82. The number of alkyl halides is 3. The molecule has 1 N–H and O–H groups in total. The second-order valence-electron chi connectivity index (χ2n) is 4.60. The Labute approximate surface area is 125 Å². The van der Waals surface area contributed by atoms with Gasteiger partial charge in [0, 0.05) is 6.54 Å². The summed E-state index contributed by atoms with van der Waals surface area (Å²) >= 11 is 1.67. The zero-order chi connectivity index (χ0) is 15.3. The highest BCUT2D eigenvalue weighted by molar-refractivity contribution is 7.97. The van der Waals surface area contributed by atoms with Crippen molar-refractivity contribution < 1.29 is 17.6 Å². The van der Waals surface area contributed by atoms with Crippen LogP contribution in [0.15, 0.2) is 40.8 Å². The molecule has 0 fully saturated rings. The van der Waals surface area contributed by atoms with E-state index in [1.807, 2.05) is 18.4 Å². The van der Waals surface area contributed by atoms with Crippen molar-refractivity contribution in [1.82, 2.24) is 5.32 Å². The van der Waals surface area contributed by atoms with Gasteiger partial charge in [-0.2, -0.15) is 24.9 Å². The smallest absolute Gasteiger partial charge is 0.416 e. The summed E-state index contributed by atoms with van der Waals surface area (Å²) in [4.78, 5) is 0. The molecule has 0 saturated heterocycles. The van der Waals surface area contributed by atoms with Crippen LogP contribution in [0.25, 0.3) is 0 Å². The predicted molar refractivity (Wildman–Crippen MR) is 77.9 cm³/mol. The molecule has 0 aliphatic carbocycles. The van der Waals surface area contributed by atoms with E-state index < -0.39 is 11.7 Å². The maximum atomic E-state index is 12.6. The van der Waals surface area contributed by atoms with Crippen molar-refractivity contribution in [1.29, 1.82) is 0 Å². The lowest BCUT2D eigenvalue weighted by Gasteiger charge is -2.09. The van der Waals surface area contributed by atoms with Gasteiger partial charge in [0.05, 0.1) is 17.9 Å². The molecule has 2 nitrogen and oxygen atoms in total. The third-order valence-electron chi connectivity index (χ3n) is 2.89. The molecular formula is C15H16F3NOS. The third-order valence-corrected chi connectivity index (χ3v) is 3.46. The molecule has 0 atom stereocenters. The topological polar surface area (TPSA) is 25.2 Å². The summed E-state index contributed by atoms with van der Waals surface area (Å²) in [5, 5.41) is 3.08. The average molecular weight is 315 g/mol. The van der Waals surface area contributed by atoms with Crippen LogP contribution in [0.2, 0.25) is 0 Å². The minimum absolute atomic E-state index is 0.364. The molecule has 21 heavy (non-hydrogen) atoms. The van der Waals surface area contributed by atoms with E-state index in [0.29, 0.717) is 18.7 Å². The van der Waals surface area contributed by atoms with E-state index in [-0.39, 0.29) is 0 Å². The molecule has 2 aromatic rings. The van der Waals surface area contributed by atoms with E-state index in [1.165, 1.54) is 6.07 Å². The lowest BCUT2D eigenvalue weighted by Crippen LogP contribution is -2.13. The van der Waals surface area contributed by atoms with Crippen LogP contribution in [-0.2, 0) is 25.0 Å². The summed E-state index contributed by atoms with van der Waals surface area (Å²) in [7, 11) is 0. The van der Waals surface area contributed by atoms with Gasteiger partial charge < -0.3 is 9.73 Å². The molecule has 1 heterocycles. The molecule has 0 aliphatic heterocycles. The fourth-order valence-corrected chi connectivity index (χ4v) is 2.36. The van der Waals surface area contributed by atoms with Crippen LogP contribution in [0, 0.1) is 0 Å². The van der Waals surface area contributed by atoms with Crippen molar-refractivity contribution in [3.05, 3.63) is 59.0 Å². The van der Waals surface area contributed by atoms with Gasteiger partial charge in [-0.3, -0.25) is 0 Å². The monoisotopic (exact) mass is 315 g/mol. The lowest BCUT2D eigenvalue weighted by molar-refractivity contribution is -0.137. The highest BCUT2D eigenvalue weighted by atomic mass is 32.2. The first-order chi connectivity index (χ1) is 9.99. The Hall–Kier alpha value is -1.40. The van der Waals surface area contributed by atoms with E-state index in [2.05, 4.69) is 5.32 Å². The summed E-state index contributed by atoms with van der Waals surface area (Å²) in [5.41, 5.74) is -0.0252. The van der Waals surface area contributed by atoms with Crippen LogP contribution < -0.4 is 5.32 Å². The lowest BCUT2D eigenvalue weighted by atomic mass is 10.1. The molecule has 0 amide bonds. The Kier molecular flexibility index (Phi) is 5.36. The zero-order valence-electron chi connectivity index (χ0n) is 11.5. The van der Waals surface area contributed by atoms with Crippen molar-refractivity contribution in [3.63, 3.8) is 0 Å². The number of halogens is 3. The maximum Gasteiger partial charge on any atom is 0.416 e. The first-order valence-corrected chi connectivity index (χ1v) is 7.82. The summed E-state index contributed by atoms with van der Waals surface area (Å²) in [6, 6.07) is 9.12. The van der Waals surface area contributed by atoms with Crippen LogP contribution in [0.5, 0.6) is 0 Å². The van der Waals surface area contributed by atoms with Crippen molar-refractivity contribution in [3.8, 4) is 0 Å². The van der Waals surface area contributed by atoms with Gasteiger partial charge in [0.2, 0.25) is 0 Å². The first-order valence-electron chi connectivity index (χ1n) is 6.42. The van der Waals surface area contributed by atoms with Crippen molar-refractivity contribution in [2.45, 2.75) is 25.0 Å². The molecule has 0 spiro atoms. The molecule has 0 bridgehead atoms. The van der Waals surface area contributed by atoms with Gasteiger partial charge in [-0.15, -0.1) is 0 Å².